The van der Waals surface area contributed by atoms with Crippen molar-refractivity contribution >= 4 is 10.8 Å². The van der Waals surface area contributed by atoms with Crippen molar-refractivity contribution in [1.82, 2.24) is 0 Å². The Balaban J connectivity index is 2.35. The number of methoxy groups -OCH3 is 2. The van der Waals surface area contributed by atoms with E-state index in [4.69, 9.17) is 14.2 Å². The summed E-state index contributed by atoms with van der Waals surface area (Å²) in [5.74, 6) is 2.06. The van der Waals surface area contributed by atoms with Gasteiger partial charge in [0.05, 0.1) is 7.11 Å². The molecule has 3 heteroatoms. The van der Waals surface area contributed by atoms with E-state index in [0.717, 1.165) is 33.4 Å². The number of hydrogen-bond acceptors (Lipinski definition) is 3. The summed E-state index contributed by atoms with van der Waals surface area (Å²) < 4.78 is 16.6. The molecule has 25 heavy (non-hydrogen) atoms. The van der Waals surface area contributed by atoms with Crippen LogP contribution in [0.25, 0.3) is 21.9 Å². The van der Waals surface area contributed by atoms with Gasteiger partial charge in [-0.2, -0.15) is 0 Å². The third kappa shape index (κ3) is 3.47. The minimum Gasteiger partial charge on any atom is -0.497 e. The van der Waals surface area contributed by atoms with E-state index in [-0.39, 0.29) is 6.79 Å². The van der Waals surface area contributed by atoms with Crippen LogP contribution < -0.4 is 9.47 Å². The van der Waals surface area contributed by atoms with Gasteiger partial charge >= 0.3 is 0 Å². The van der Waals surface area contributed by atoms with Crippen molar-refractivity contribution in [2.24, 2.45) is 0 Å². The Morgan fingerprint density at radius 2 is 1.68 bits per heavy atom. The summed E-state index contributed by atoms with van der Waals surface area (Å²) >= 11 is 0. The Kier molecular flexibility index (Phi) is 5.25. The molecule has 3 aromatic carbocycles. The molecule has 130 valence electrons. The maximum Gasteiger partial charge on any atom is 0.188 e. The summed E-state index contributed by atoms with van der Waals surface area (Å²) in [6.07, 6.45) is 0. The Bertz CT molecular complexity index is 854. The highest BCUT2D eigenvalue weighted by Gasteiger charge is 2.19. The van der Waals surface area contributed by atoms with Crippen LogP contribution in [0.1, 0.15) is 25.3 Å². The summed E-state index contributed by atoms with van der Waals surface area (Å²) in [5.41, 5.74) is 3.53. The van der Waals surface area contributed by atoms with Gasteiger partial charge in [-0.3, -0.25) is 0 Å². The Labute approximate surface area is 149 Å². The first kappa shape index (κ1) is 17.3. The molecule has 0 saturated carbocycles. The van der Waals surface area contributed by atoms with Crippen molar-refractivity contribution in [2.45, 2.75) is 19.8 Å². The molecule has 3 aromatic rings. The molecular weight excluding hydrogens is 312 g/mol. The van der Waals surface area contributed by atoms with Crippen molar-refractivity contribution in [3.8, 4) is 22.6 Å². The van der Waals surface area contributed by atoms with E-state index in [1.54, 1.807) is 14.2 Å². The van der Waals surface area contributed by atoms with Gasteiger partial charge in [-0.15, -0.1) is 0 Å². The summed E-state index contributed by atoms with van der Waals surface area (Å²) in [7, 11) is 3.32. The molecule has 0 heterocycles. The molecule has 0 unspecified atom stereocenters. The molecule has 3 nitrogen and oxygen atoms in total. The van der Waals surface area contributed by atoms with Crippen LogP contribution in [0.15, 0.2) is 54.6 Å². The molecule has 0 saturated heterocycles. The summed E-state index contributed by atoms with van der Waals surface area (Å²) in [4.78, 5) is 0. The number of rotatable bonds is 6. The Morgan fingerprint density at radius 3 is 2.32 bits per heavy atom. The lowest BCUT2D eigenvalue weighted by Gasteiger charge is -2.21. The lowest BCUT2D eigenvalue weighted by Crippen LogP contribution is -2.04. The molecule has 0 aliphatic heterocycles. The maximum atomic E-state index is 6.06. The summed E-state index contributed by atoms with van der Waals surface area (Å²) in [6, 6.07) is 18.7. The van der Waals surface area contributed by atoms with Crippen LogP contribution in [-0.2, 0) is 4.74 Å². The lowest BCUT2D eigenvalue weighted by atomic mass is 9.88. The highest BCUT2D eigenvalue weighted by molar-refractivity contribution is 5.97. The average molecular weight is 336 g/mol. The van der Waals surface area contributed by atoms with Gasteiger partial charge in [-0.05, 0) is 46.7 Å². The number of ether oxygens (including phenoxy) is 3. The van der Waals surface area contributed by atoms with Crippen molar-refractivity contribution < 1.29 is 14.2 Å². The van der Waals surface area contributed by atoms with E-state index in [0.29, 0.717) is 5.92 Å². The van der Waals surface area contributed by atoms with Gasteiger partial charge < -0.3 is 14.2 Å². The molecule has 0 amide bonds. The van der Waals surface area contributed by atoms with E-state index >= 15 is 0 Å². The summed E-state index contributed by atoms with van der Waals surface area (Å²) in [6.45, 7) is 4.62. The average Bonchev–Trinajstić information content (AvgIpc) is 2.65. The van der Waals surface area contributed by atoms with E-state index < -0.39 is 0 Å². The second kappa shape index (κ2) is 7.58. The molecule has 0 N–H and O–H groups in total. The molecule has 0 aliphatic carbocycles. The predicted molar refractivity (Wildman–Crippen MR) is 103 cm³/mol. The third-order valence-electron chi connectivity index (χ3n) is 4.34. The van der Waals surface area contributed by atoms with Gasteiger partial charge in [0.25, 0.3) is 0 Å². The topological polar surface area (TPSA) is 27.7 Å². The quantitative estimate of drug-likeness (QED) is 0.547. The standard InChI is InChI=1S/C22H24O3/c1-15(2)20-13-17-12-18(24-4)10-11-19(17)22(25-14-23-3)21(20)16-8-6-5-7-9-16/h5-13,15H,14H2,1-4H3. The van der Waals surface area contributed by atoms with Crippen LogP contribution in [-0.4, -0.2) is 21.0 Å². The molecule has 0 atom stereocenters. The minimum absolute atomic E-state index is 0.211. The monoisotopic (exact) mass is 336 g/mol. The van der Waals surface area contributed by atoms with Crippen molar-refractivity contribution in [3.05, 3.63) is 60.2 Å². The van der Waals surface area contributed by atoms with Gasteiger partial charge in [-0.1, -0.05) is 44.2 Å². The second-order valence-corrected chi connectivity index (χ2v) is 6.33. The fraction of sp³-hybridized carbons (Fsp3) is 0.273. The van der Waals surface area contributed by atoms with E-state index in [9.17, 15) is 0 Å². The lowest BCUT2D eigenvalue weighted by molar-refractivity contribution is 0.0526. The normalized spacial score (nSPS) is 11.1. The fourth-order valence-corrected chi connectivity index (χ4v) is 3.13. The third-order valence-corrected chi connectivity index (χ3v) is 4.34. The van der Waals surface area contributed by atoms with Crippen LogP contribution in [0.5, 0.6) is 11.5 Å². The number of benzene rings is 3. The first-order valence-corrected chi connectivity index (χ1v) is 8.47. The van der Waals surface area contributed by atoms with Gasteiger partial charge in [0.15, 0.2) is 6.79 Å². The van der Waals surface area contributed by atoms with E-state index in [2.05, 4.69) is 56.3 Å². The van der Waals surface area contributed by atoms with E-state index in [1.807, 2.05) is 12.1 Å². The highest BCUT2D eigenvalue weighted by Crippen LogP contribution is 2.43. The first-order chi connectivity index (χ1) is 12.2. The zero-order valence-corrected chi connectivity index (χ0v) is 15.2. The van der Waals surface area contributed by atoms with Crippen LogP contribution >= 0.6 is 0 Å². The SMILES string of the molecule is COCOc1c(-c2ccccc2)c(C(C)C)cc2cc(OC)ccc12. The van der Waals surface area contributed by atoms with Crippen molar-refractivity contribution in [2.75, 3.05) is 21.0 Å². The van der Waals surface area contributed by atoms with Crippen molar-refractivity contribution in [3.63, 3.8) is 0 Å². The number of hydrogen-bond donors (Lipinski definition) is 0. The second-order valence-electron chi connectivity index (χ2n) is 6.33. The molecular formula is C22H24O3. The van der Waals surface area contributed by atoms with Gasteiger partial charge in [0, 0.05) is 18.1 Å². The predicted octanol–water partition coefficient (Wildman–Crippen LogP) is 5.62. The van der Waals surface area contributed by atoms with E-state index in [1.165, 1.54) is 5.56 Å². The Hall–Kier alpha value is -2.52. The maximum absolute atomic E-state index is 6.06. The molecule has 0 fully saturated rings. The van der Waals surface area contributed by atoms with Gasteiger partial charge in [0.2, 0.25) is 0 Å². The molecule has 0 spiro atoms. The van der Waals surface area contributed by atoms with Crippen LogP contribution in [0.3, 0.4) is 0 Å². The molecule has 0 bridgehead atoms. The van der Waals surface area contributed by atoms with Gasteiger partial charge in [0.1, 0.15) is 11.5 Å². The van der Waals surface area contributed by atoms with Crippen LogP contribution in [0, 0.1) is 0 Å². The molecule has 3 rings (SSSR count). The first-order valence-electron chi connectivity index (χ1n) is 8.47. The number of fused-ring (bicyclic) bond motifs is 1. The van der Waals surface area contributed by atoms with Crippen molar-refractivity contribution in [1.29, 1.82) is 0 Å². The smallest absolute Gasteiger partial charge is 0.188 e. The highest BCUT2D eigenvalue weighted by atomic mass is 16.7. The fourth-order valence-electron chi connectivity index (χ4n) is 3.13. The molecule has 0 aliphatic rings. The Morgan fingerprint density at radius 1 is 0.920 bits per heavy atom. The minimum atomic E-state index is 0.211. The largest absolute Gasteiger partial charge is 0.497 e. The van der Waals surface area contributed by atoms with Crippen LogP contribution in [0.4, 0.5) is 0 Å². The zero-order chi connectivity index (χ0) is 17.8. The molecule has 0 aromatic heterocycles. The van der Waals surface area contributed by atoms with Crippen LogP contribution in [0.2, 0.25) is 0 Å². The molecule has 0 radical (unpaired) electrons. The van der Waals surface area contributed by atoms with Gasteiger partial charge in [-0.25, -0.2) is 0 Å². The zero-order valence-electron chi connectivity index (χ0n) is 15.2. The summed E-state index contributed by atoms with van der Waals surface area (Å²) in [5, 5.41) is 2.16.